The molecule has 7 rings (SSSR count). The molecule has 198 valence electrons. The van der Waals surface area contributed by atoms with Crippen molar-refractivity contribution in [3.05, 3.63) is 104 Å². The molecule has 0 aromatic heterocycles. The molecule has 3 aromatic carbocycles. The van der Waals surface area contributed by atoms with Crippen molar-refractivity contribution >= 4 is 62.4 Å². The lowest BCUT2D eigenvalue weighted by molar-refractivity contribution is -0.123. The summed E-state index contributed by atoms with van der Waals surface area (Å²) in [5.41, 5.74) is 3.04. The smallest absolute Gasteiger partial charge is 0.238 e. The fourth-order valence-corrected chi connectivity index (χ4v) is 7.48. The van der Waals surface area contributed by atoms with E-state index in [0.29, 0.717) is 34.4 Å². The molecule has 7 heteroatoms. The summed E-state index contributed by atoms with van der Waals surface area (Å²) in [7, 11) is 0. The van der Waals surface area contributed by atoms with Crippen molar-refractivity contribution in [2.75, 3.05) is 4.90 Å². The first-order chi connectivity index (χ1) is 19.3. The number of rotatable bonds is 2. The zero-order valence-electron chi connectivity index (χ0n) is 21.6. The third-order valence-corrected chi connectivity index (χ3v) is 9.61. The van der Waals surface area contributed by atoms with Gasteiger partial charge in [-0.1, -0.05) is 42.0 Å². The van der Waals surface area contributed by atoms with E-state index >= 15 is 0 Å². The minimum Gasteiger partial charge on any atom is -0.508 e. The van der Waals surface area contributed by atoms with Crippen LogP contribution in [0.15, 0.2) is 95.1 Å². The van der Waals surface area contributed by atoms with E-state index in [9.17, 15) is 24.3 Å². The molecule has 3 aromatic rings. The highest BCUT2D eigenvalue weighted by atomic mass is 127. The molecule has 0 saturated carbocycles. The van der Waals surface area contributed by atoms with Crippen molar-refractivity contribution < 1.29 is 24.3 Å². The SMILES string of the molecule is CC1=CC(=O)C2=C(C1=O)C(c1c(O)ccc3ccccc13)C1=CCC3C(=O)N(c4ccc(I)cc4)C(=O)C3C1C2. The minimum absolute atomic E-state index is 0.0287. The maximum atomic E-state index is 14.0. The molecule has 1 fully saturated rings. The van der Waals surface area contributed by atoms with Gasteiger partial charge in [-0.05, 0) is 95.5 Å². The molecule has 40 heavy (non-hydrogen) atoms. The molecule has 0 bridgehead atoms. The van der Waals surface area contributed by atoms with Crippen LogP contribution in [-0.4, -0.2) is 28.5 Å². The van der Waals surface area contributed by atoms with Crippen LogP contribution in [-0.2, 0) is 19.2 Å². The number of imide groups is 1. The van der Waals surface area contributed by atoms with Crippen LogP contribution in [0.1, 0.15) is 31.2 Å². The van der Waals surface area contributed by atoms with E-state index in [1.807, 2.05) is 48.5 Å². The Hall–Kier alpha value is -3.85. The van der Waals surface area contributed by atoms with Crippen LogP contribution in [0, 0.1) is 21.3 Å². The zero-order chi connectivity index (χ0) is 27.9. The largest absolute Gasteiger partial charge is 0.508 e. The van der Waals surface area contributed by atoms with Crippen molar-refractivity contribution in [3.63, 3.8) is 0 Å². The van der Waals surface area contributed by atoms with Crippen LogP contribution in [0.5, 0.6) is 5.75 Å². The van der Waals surface area contributed by atoms with Gasteiger partial charge in [0, 0.05) is 31.8 Å². The van der Waals surface area contributed by atoms with Gasteiger partial charge in [0.15, 0.2) is 11.6 Å². The number of benzene rings is 3. The number of anilines is 1. The quantitative estimate of drug-likeness (QED) is 0.166. The Labute approximate surface area is 244 Å². The predicted octanol–water partition coefficient (Wildman–Crippen LogP) is 5.78. The van der Waals surface area contributed by atoms with Gasteiger partial charge in [-0.2, -0.15) is 0 Å². The third-order valence-electron chi connectivity index (χ3n) is 8.89. The molecule has 2 amide bonds. The van der Waals surface area contributed by atoms with Crippen LogP contribution in [0.4, 0.5) is 5.69 Å². The molecule has 3 aliphatic carbocycles. The number of hydrogen-bond acceptors (Lipinski definition) is 5. The van der Waals surface area contributed by atoms with E-state index in [0.717, 1.165) is 19.9 Å². The lowest BCUT2D eigenvalue weighted by Crippen LogP contribution is -2.40. The highest BCUT2D eigenvalue weighted by Gasteiger charge is 2.57. The second-order valence-electron chi connectivity index (χ2n) is 10.9. The molecule has 4 unspecified atom stereocenters. The lowest BCUT2D eigenvalue weighted by atomic mass is 9.59. The normalized spacial score (nSPS) is 26.0. The van der Waals surface area contributed by atoms with Crippen LogP contribution in [0.3, 0.4) is 0 Å². The predicted molar refractivity (Wildman–Crippen MR) is 159 cm³/mol. The number of ketones is 2. The molecular formula is C33H24INO5. The fourth-order valence-electron chi connectivity index (χ4n) is 7.12. The van der Waals surface area contributed by atoms with E-state index in [1.165, 1.54) is 11.0 Å². The molecule has 1 aliphatic heterocycles. The number of phenols is 1. The standard InChI is InChI=1S/C33H24INO5/c1-16-14-26(37)24-15-23-21(11-12-22-27(23)33(40)35(32(22)39)19-9-7-18(34)8-10-19)29(30(24)31(16)38)28-20-5-3-2-4-17(20)6-13-25(28)36/h2-11,13-14,22-23,27,29,36H,12,15H2,1H3. The van der Waals surface area contributed by atoms with Gasteiger partial charge in [0.2, 0.25) is 11.8 Å². The number of phenolic OH excluding ortho intramolecular Hbond substituents is 1. The first-order valence-corrected chi connectivity index (χ1v) is 14.4. The highest BCUT2D eigenvalue weighted by molar-refractivity contribution is 14.1. The van der Waals surface area contributed by atoms with Crippen molar-refractivity contribution in [3.8, 4) is 5.75 Å². The number of allylic oxidation sites excluding steroid dienone is 6. The molecular weight excluding hydrogens is 617 g/mol. The highest BCUT2D eigenvalue weighted by Crippen LogP contribution is 2.57. The molecule has 1 N–H and O–H groups in total. The van der Waals surface area contributed by atoms with Gasteiger partial charge < -0.3 is 5.11 Å². The number of halogens is 1. The Kier molecular flexibility index (Phi) is 5.71. The summed E-state index contributed by atoms with van der Waals surface area (Å²) < 4.78 is 0.995. The number of carbonyl (C=O) groups is 4. The average Bonchev–Trinajstić information content (AvgIpc) is 3.21. The van der Waals surface area contributed by atoms with Gasteiger partial charge in [0.05, 0.1) is 17.5 Å². The van der Waals surface area contributed by atoms with Gasteiger partial charge in [0.25, 0.3) is 0 Å². The molecule has 4 aliphatic rings. The topological polar surface area (TPSA) is 91.8 Å². The molecule has 1 heterocycles. The minimum atomic E-state index is -0.698. The van der Waals surface area contributed by atoms with Crippen LogP contribution < -0.4 is 4.90 Å². The van der Waals surface area contributed by atoms with Gasteiger partial charge in [0.1, 0.15) is 5.75 Å². The summed E-state index contributed by atoms with van der Waals surface area (Å²) in [6.07, 6.45) is 3.91. The van der Waals surface area contributed by atoms with Crippen molar-refractivity contribution in [2.45, 2.75) is 25.7 Å². The molecule has 6 nitrogen and oxygen atoms in total. The second kappa shape index (κ2) is 9.09. The van der Waals surface area contributed by atoms with E-state index < -0.39 is 23.7 Å². The van der Waals surface area contributed by atoms with Gasteiger partial charge in [-0.15, -0.1) is 0 Å². The first-order valence-electron chi connectivity index (χ1n) is 13.3. The number of hydrogen-bond donors (Lipinski definition) is 1. The van der Waals surface area contributed by atoms with Crippen LogP contribution in [0.2, 0.25) is 0 Å². The molecule has 4 atom stereocenters. The Morgan fingerprint density at radius 3 is 2.42 bits per heavy atom. The van der Waals surface area contributed by atoms with Crippen molar-refractivity contribution in [1.82, 2.24) is 0 Å². The van der Waals surface area contributed by atoms with E-state index in [4.69, 9.17) is 0 Å². The summed E-state index contributed by atoms with van der Waals surface area (Å²) in [6.45, 7) is 1.64. The summed E-state index contributed by atoms with van der Waals surface area (Å²) >= 11 is 2.18. The number of aromatic hydroxyl groups is 1. The van der Waals surface area contributed by atoms with Gasteiger partial charge >= 0.3 is 0 Å². The first kappa shape index (κ1) is 25.1. The average molecular weight is 641 g/mol. The summed E-state index contributed by atoms with van der Waals surface area (Å²) in [4.78, 5) is 56.0. The van der Waals surface area contributed by atoms with Crippen LogP contribution >= 0.6 is 22.6 Å². The summed E-state index contributed by atoms with van der Waals surface area (Å²) in [5.74, 6) is -3.30. The van der Waals surface area contributed by atoms with Crippen molar-refractivity contribution in [1.29, 1.82) is 0 Å². The zero-order valence-corrected chi connectivity index (χ0v) is 23.7. The van der Waals surface area contributed by atoms with Gasteiger partial charge in [-0.3, -0.25) is 24.1 Å². The number of fused-ring (bicyclic) bond motifs is 4. The maximum Gasteiger partial charge on any atom is 0.238 e. The maximum absolute atomic E-state index is 14.0. The second-order valence-corrected chi connectivity index (χ2v) is 12.2. The number of nitrogens with zero attached hydrogens (tertiary/aromatic N) is 1. The lowest BCUT2D eigenvalue weighted by Gasteiger charge is -2.42. The number of amides is 2. The van der Waals surface area contributed by atoms with E-state index in [1.54, 1.807) is 25.1 Å². The summed E-state index contributed by atoms with van der Waals surface area (Å²) in [6, 6.07) is 18.4. The van der Waals surface area contributed by atoms with Gasteiger partial charge in [-0.25, -0.2) is 0 Å². The monoisotopic (exact) mass is 641 g/mol. The Bertz CT molecular complexity index is 1780. The van der Waals surface area contributed by atoms with E-state index in [-0.39, 0.29) is 35.6 Å². The number of Topliss-reactive ketones (excluding diaryl/α,β-unsaturated/α-hetero) is 1. The van der Waals surface area contributed by atoms with E-state index in [2.05, 4.69) is 22.6 Å². The molecule has 1 saturated heterocycles. The summed E-state index contributed by atoms with van der Waals surface area (Å²) in [5, 5.41) is 12.9. The Balaban J connectivity index is 1.42. The Morgan fingerprint density at radius 2 is 1.65 bits per heavy atom. The van der Waals surface area contributed by atoms with Crippen LogP contribution in [0.25, 0.3) is 10.8 Å². The Morgan fingerprint density at radius 1 is 0.900 bits per heavy atom. The third kappa shape index (κ3) is 3.53. The van der Waals surface area contributed by atoms with Crippen molar-refractivity contribution in [2.24, 2.45) is 17.8 Å². The number of carbonyl (C=O) groups excluding carboxylic acids is 4. The molecule has 0 spiro atoms. The molecule has 0 radical (unpaired) electrons. The fraction of sp³-hybridized carbons (Fsp3) is 0.212.